The maximum absolute atomic E-state index is 12.4. The van der Waals surface area contributed by atoms with Gasteiger partial charge in [-0.1, -0.05) is 0 Å². The van der Waals surface area contributed by atoms with Crippen molar-refractivity contribution in [3.05, 3.63) is 71.3 Å². The van der Waals surface area contributed by atoms with Crippen molar-refractivity contribution in [1.29, 1.82) is 0 Å². The van der Waals surface area contributed by atoms with Gasteiger partial charge in [0.2, 0.25) is 0 Å². The molecule has 0 aliphatic carbocycles. The van der Waals surface area contributed by atoms with Crippen LogP contribution >= 0.6 is 0 Å². The summed E-state index contributed by atoms with van der Waals surface area (Å²) in [5, 5.41) is 0. The predicted molar refractivity (Wildman–Crippen MR) is 85.7 cm³/mol. The third-order valence-electron chi connectivity index (χ3n) is 3.18. The quantitative estimate of drug-likeness (QED) is 0.750. The Morgan fingerprint density at radius 3 is 2.19 bits per heavy atom. The first-order valence-corrected chi connectivity index (χ1v) is 8.73. The van der Waals surface area contributed by atoms with E-state index >= 15 is 0 Å². The van der Waals surface area contributed by atoms with Crippen molar-refractivity contribution in [2.24, 2.45) is 0 Å². The monoisotopic (exact) mass is 346 g/mol. The van der Waals surface area contributed by atoms with E-state index in [0.717, 1.165) is 16.7 Å². The number of ketones is 1. The Hall–Kier alpha value is -1.70. The molecule has 0 saturated carbocycles. The van der Waals surface area contributed by atoms with E-state index in [-0.39, 0.29) is 30.2 Å². The van der Waals surface area contributed by atoms with Crippen LogP contribution < -0.4 is 0 Å². The topological polar surface area (TPSA) is 34.1 Å². The summed E-state index contributed by atoms with van der Waals surface area (Å²) in [6.45, 7) is 3.59. The number of carbonyl (C=O) groups is 2. The molecule has 1 atom stereocenters. The van der Waals surface area contributed by atoms with E-state index < -0.39 is 0 Å². The molecule has 0 spiro atoms. The van der Waals surface area contributed by atoms with Gasteiger partial charge in [-0.3, -0.25) is 0 Å². The van der Waals surface area contributed by atoms with Crippen LogP contribution in [0.3, 0.4) is 0 Å². The molecule has 21 heavy (non-hydrogen) atoms. The average molecular weight is 345 g/mol. The molecule has 2 aromatic carbocycles. The Labute approximate surface area is 131 Å². The minimum atomic E-state index is -0.276. The van der Waals surface area contributed by atoms with E-state index in [0.29, 0.717) is 6.42 Å². The van der Waals surface area contributed by atoms with E-state index in [2.05, 4.69) is 0 Å². The van der Waals surface area contributed by atoms with E-state index in [4.69, 9.17) is 0 Å². The first kappa shape index (κ1) is 15.7. The van der Waals surface area contributed by atoms with Gasteiger partial charge < -0.3 is 0 Å². The first-order valence-electron chi connectivity index (χ1n) is 6.88. The number of carbonyl (C=O) groups excluding carboxylic acids is 2. The van der Waals surface area contributed by atoms with Gasteiger partial charge in [0.25, 0.3) is 0 Å². The third kappa shape index (κ3) is 4.66. The van der Waals surface area contributed by atoms with Gasteiger partial charge in [0.05, 0.1) is 0 Å². The normalized spacial score (nSPS) is 11.9. The molecule has 2 aromatic rings. The Balaban J connectivity index is 2.17. The summed E-state index contributed by atoms with van der Waals surface area (Å²) in [5.74, 6) is 0.127. The minimum absolute atomic E-state index is 0.0185. The molecule has 3 heteroatoms. The van der Waals surface area contributed by atoms with E-state index in [9.17, 15) is 9.59 Å². The number of rotatable bonds is 6. The second-order valence-electron chi connectivity index (χ2n) is 5.08. The van der Waals surface area contributed by atoms with Crippen LogP contribution in [0.15, 0.2) is 54.6 Å². The number of hydrogen-bond donors (Lipinski definition) is 0. The molecule has 108 valence electrons. The average Bonchev–Trinajstić information content (AvgIpc) is 2.47. The second kappa shape index (κ2) is 7.35. The van der Waals surface area contributed by atoms with Crippen LogP contribution in [0, 0.1) is 6.92 Å². The molecule has 0 fully saturated rings. The van der Waals surface area contributed by atoms with Crippen molar-refractivity contribution in [3.8, 4) is 0 Å². The Morgan fingerprint density at radius 1 is 1.00 bits per heavy atom. The Bertz CT molecular complexity index is 617. The second-order valence-corrected chi connectivity index (χ2v) is 7.54. The fraction of sp³-hybridized carbons (Fsp3) is 0.222. The molecule has 0 amide bonds. The number of hydrogen-bond acceptors (Lipinski definition) is 2. The molecule has 0 aliphatic heterocycles. The van der Waals surface area contributed by atoms with Gasteiger partial charge >= 0.3 is 131 Å². The molecular formula is C18H18O2Se. The van der Waals surface area contributed by atoms with Crippen molar-refractivity contribution in [1.82, 2.24) is 0 Å². The SMILES string of the molecule is CC(=O)CC([Se]C(=O)c1ccc(C)cc1)c1ccccc1. The van der Waals surface area contributed by atoms with Crippen LogP contribution in [0.4, 0.5) is 0 Å². The van der Waals surface area contributed by atoms with Crippen molar-refractivity contribution >= 4 is 25.4 Å². The van der Waals surface area contributed by atoms with Crippen LogP contribution in [0.25, 0.3) is 0 Å². The summed E-state index contributed by atoms with van der Waals surface area (Å²) in [6.07, 6.45) is 0.432. The number of Topliss-reactive ketones (excluding diaryl/α,β-unsaturated/α-hetero) is 1. The molecule has 2 nitrogen and oxygen atoms in total. The molecular weight excluding hydrogens is 327 g/mol. The molecule has 0 bridgehead atoms. The number of aryl methyl sites for hydroxylation is 1. The number of benzene rings is 2. The standard InChI is InChI=1S/C18H18O2Se/c1-13-8-10-16(11-9-13)18(20)21-17(12-14(2)19)15-6-4-3-5-7-15/h3-11,17H,12H2,1-2H3. The third-order valence-corrected chi connectivity index (χ3v) is 5.64. The fourth-order valence-electron chi connectivity index (χ4n) is 2.04. The van der Waals surface area contributed by atoms with Crippen LogP contribution in [-0.2, 0) is 4.79 Å². The first-order chi connectivity index (χ1) is 10.1. The fourth-order valence-corrected chi connectivity index (χ4v) is 4.44. The van der Waals surface area contributed by atoms with Crippen LogP contribution in [0.1, 0.15) is 39.6 Å². The predicted octanol–water partition coefficient (Wildman–Crippen LogP) is 3.56. The molecule has 0 N–H and O–H groups in total. The van der Waals surface area contributed by atoms with Gasteiger partial charge in [0, 0.05) is 0 Å². The van der Waals surface area contributed by atoms with Crippen molar-refractivity contribution < 1.29 is 9.59 Å². The Kier molecular flexibility index (Phi) is 5.49. The van der Waals surface area contributed by atoms with Gasteiger partial charge in [0.15, 0.2) is 0 Å². The van der Waals surface area contributed by atoms with Crippen LogP contribution in [0.2, 0.25) is 0 Å². The van der Waals surface area contributed by atoms with Gasteiger partial charge in [-0.15, -0.1) is 0 Å². The molecule has 0 aliphatic rings. The van der Waals surface area contributed by atoms with Gasteiger partial charge in [-0.2, -0.15) is 0 Å². The van der Waals surface area contributed by atoms with E-state index in [1.807, 2.05) is 61.5 Å². The summed E-state index contributed by atoms with van der Waals surface area (Å²) in [6, 6.07) is 17.5. The molecule has 0 aromatic heterocycles. The molecule has 1 unspecified atom stereocenters. The summed E-state index contributed by atoms with van der Waals surface area (Å²) in [5.41, 5.74) is 2.96. The summed E-state index contributed by atoms with van der Waals surface area (Å²) >= 11 is -0.276. The zero-order valence-corrected chi connectivity index (χ0v) is 13.9. The van der Waals surface area contributed by atoms with Crippen molar-refractivity contribution in [2.45, 2.75) is 25.1 Å². The zero-order valence-electron chi connectivity index (χ0n) is 12.2. The molecule has 0 radical (unpaired) electrons. The van der Waals surface area contributed by atoms with Crippen molar-refractivity contribution in [2.75, 3.05) is 0 Å². The zero-order chi connectivity index (χ0) is 15.2. The van der Waals surface area contributed by atoms with Gasteiger partial charge in [-0.25, -0.2) is 0 Å². The van der Waals surface area contributed by atoms with E-state index in [1.165, 1.54) is 0 Å². The maximum atomic E-state index is 12.4. The summed E-state index contributed by atoms with van der Waals surface area (Å²) < 4.78 is 0.151. The van der Waals surface area contributed by atoms with Crippen LogP contribution in [0.5, 0.6) is 0 Å². The van der Waals surface area contributed by atoms with E-state index in [1.54, 1.807) is 6.92 Å². The summed E-state index contributed by atoms with van der Waals surface area (Å²) in [7, 11) is 0. The van der Waals surface area contributed by atoms with Gasteiger partial charge in [-0.05, 0) is 0 Å². The Morgan fingerprint density at radius 2 is 1.62 bits per heavy atom. The molecule has 2 rings (SSSR count). The van der Waals surface area contributed by atoms with Crippen LogP contribution in [-0.4, -0.2) is 25.4 Å². The molecule has 0 heterocycles. The molecule has 0 saturated heterocycles. The summed E-state index contributed by atoms with van der Waals surface area (Å²) in [4.78, 5) is 23.9. The van der Waals surface area contributed by atoms with Crippen molar-refractivity contribution in [3.63, 3.8) is 0 Å². The van der Waals surface area contributed by atoms with Gasteiger partial charge in [0.1, 0.15) is 0 Å².